The lowest BCUT2D eigenvalue weighted by Gasteiger charge is -2.33. The van der Waals surface area contributed by atoms with Gasteiger partial charge in [0.05, 0.1) is 6.54 Å². The van der Waals surface area contributed by atoms with E-state index in [1.54, 1.807) is 13.1 Å². The fourth-order valence-corrected chi connectivity index (χ4v) is 3.10. The number of rotatable bonds is 7. The topological polar surface area (TPSA) is 44.4 Å². The summed E-state index contributed by atoms with van der Waals surface area (Å²) in [5.74, 6) is -0.0307. The molecule has 0 aliphatic carbocycles. The summed E-state index contributed by atoms with van der Waals surface area (Å²) in [6.45, 7) is 4.56. The van der Waals surface area contributed by atoms with Crippen molar-refractivity contribution in [3.05, 3.63) is 35.6 Å². The standard InChI is InChI=1S/C18H28FN3O/c1-14(7-8-15-5-3-4-6-17(15)19)21-16-9-11-22(12-10-16)13-18(23)20-2/h3-6,14,16,21H,7-13H2,1-2H3,(H,20,23)/t14-/m0/s1. The van der Waals surface area contributed by atoms with E-state index in [1.807, 2.05) is 12.1 Å². The Balaban J connectivity index is 1.67. The third kappa shape index (κ3) is 5.92. The van der Waals surface area contributed by atoms with E-state index < -0.39 is 0 Å². The number of likely N-dealkylation sites (tertiary alicyclic amines) is 1. The zero-order valence-corrected chi connectivity index (χ0v) is 14.1. The number of piperidine rings is 1. The Morgan fingerprint density at radius 1 is 1.35 bits per heavy atom. The molecule has 4 nitrogen and oxygen atoms in total. The van der Waals surface area contributed by atoms with Crippen LogP contribution >= 0.6 is 0 Å². The molecule has 0 aromatic heterocycles. The molecular weight excluding hydrogens is 293 g/mol. The molecule has 5 heteroatoms. The number of hydrogen-bond acceptors (Lipinski definition) is 3. The van der Waals surface area contributed by atoms with Crippen molar-refractivity contribution in [2.45, 2.75) is 44.7 Å². The van der Waals surface area contributed by atoms with Crippen LogP contribution in [0.5, 0.6) is 0 Å². The van der Waals surface area contributed by atoms with E-state index in [9.17, 15) is 9.18 Å². The molecule has 1 fully saturated rings. The van der Waals surface area contributed by atoms with Gasteiger partial charge in [0.25, 0.3) is 0 Å². The second kappa shape index (κ2) is 8.99. The minimum absolute atomic E-state index is 0.0784. The quantitative estimate of drug-likeness (QED) is 0.807. The molecule has 1 amide bonds. The van der Waals surface area contributed by atoms with Gasteiger partial charge in [-0.15, -0.1) is 0 Å². The van der Waals surface area contributed by atoms with E-state index in [2.05, 4.69) is 22.5 Å². The SMILES string of the molecule is CNC(=O)CN1CCC(N[C@@H](C)CCc2ccccc2F)CC1. The maximum Gasteiger partial charge on any atom is 0.233 e. The number of aryl methyl sites for hydroxylation is 1. The second-order valence-corrected chi connectivity index (χ2v) is 6.42. The zero-order valence-electron chi connectivity index (χ0n) is 14.1. The number of amides is 1. The molecule has 1 saturated heterocycles. The van der Waals surface area contributed by atoms with Gasteiger partial charge in [0, 0.05) is 32.2 Å². The van der Waals surface area contributed by atoms with E-state index in [1.165, 1.54) is 6.07 Å². The average molecular weight is 321 g/mol. The second-order valence-electron chi connectivity index (χ2n) is 6.42. The Bertz CT molecular complexity index is 501. The van der Waals surface area contributed by atoms with Crippen LogP contribution in [0, 0.1) is 5.82 Å². The number of nitrogens with zero attached hydrogens (tertiary/aromatic N) is 1. The first-order chi connectivity index (χ1) is 11.1. The fourth-order valence-electron chi connectivity index (χ4n) is 3.10. The number of carbonyl (C=O) groups excluding carboxylic acids is 1. The molecule has 1 aromatic rings. The number of benzene rings is 1. The monoisotopic (exact) mass is 321 g/mol. The predicted molar refractivity (Wildman–Crippen MR) is 90.8 cm³/mol. The molecule has 128 valence electrons. The molecule has 1 atom stereocenters. The van der Waals surface area contributed by atoms with Gasteiger partial charge in [-0.1, -0.05) is 18.2 Å². The molecule has 1 aromatic carbocycles. The molecule has 1 aliphatic heterocycles. The summed E-state index contributed by atoms with van der Waals surface area (Å²) in [4.78, 5) is 13.6. The lowest BCUT2D eigenvalue weighted by Crippen LogP contribution is -2.47. The number of carbonyl (C=O) groups is 1. The molecule has 2 rings (SSSR count). The van der Waals surface area contributed by atoms with Crippen LogP contribution in [0.4, 0.5) is 4.39 Å². The van der Waals surface area contributed by atoms with Crippen LogP contribution in [0.2, 0.25) is 0 Å². The van der Waals surface area contributed by atoms with E-state index in [-0.39, 0.29) is 11.7 Å². The first-order valence-electron chi connectivity index (χ1n) is 8.51. The van der Waals surface area contributed by atoms with Crippen molar-refractivity contribution in [3.8, 4) is 0 Å². The highest BCUT2D eigenvalue weighted by Crippen LogP contribution is 2.14. The number of halogens is 1. The van der Waals surface area contributed by atoms with Crippen molar-refractivity contribution in [2.75, 3.05) is 26.7 Å². The molecule has 0 unspecified atom stereocenters. The highest BCUT2D eigenvalue weighted by atomic mass is 19.1. The highest BCUT2D eigenvalue weighted by molar-refractivity contribution is 5.77. The van der Waals surface area contributed by atoms with Crippen molar-refractivity contribution in [2.24, 2.45) is 0 Å². The molecule has 0 saturated carbocycles. The highest BCUT2D eigenvalue weighted by Gasteiger charge is 2.21. The van der Waals surface area contributed by atoms with Gasteiger partial charge in [0.2, 0.25) is 5.91 Å². The van der Waals surface area contributed by atoms with E-state index in [4.69, 9.17) is 0 Å². The fraction of sp³-hybridized carbons (Fsp3) is 0.611. The minimum Gasteiger partial charge on any atom is -0.358 e. The summed E-state index contributed by atoms with van der Waals surface area (Å²) in [6.07, 6.45) is 3.80. The smallest absolute Gasteiger partial charge is 0.233 e. The predicted octanol–water partition coefficient (Wildman–Crippen LogP) is 1.95. The summed E-state index contributed by atoms with van der Waals surface area (Å²) in [5, 5.41) is 6.31. The van der Waals surface area contributed by atoms with E-state index >= 15 is 0 Å². The first kappa shape index (κ1) is 17.9. The molecule has 0 spiro atoms. The number of nitrogens with one attached hydrogen (secondary N) is 2. The molecular formula is C18H28FN3O. The van der Waals surface area contributed by atoms with Crippen LogP contribution in [0.15, 0.2) is 24.3 Å². The van der Waals surface area contributed by atoms with Crippen molar-refractivity contribution in [1.82, 2.24) is 15.5 Å². The van der Waals surface area contributed by atoms with Crippen molar-refractivity contribution in [3.63, 3.8) is 0 Å². The van der Waals surface area contributed by atoms with Crippen LogP contribution < -0.4 is 10.6 Å². The van der Waals surface area contributed by atoms with Gasteiger partial charge >= 0.3 is 0 Å². The maximum absolute atomic E-state index is 13.6. The molecule has 0 bridgehead atoms. The molecule has 23 heavy (non-hydrogen) atoms. The van der Waals surface area contributed by atoms with Crippen molar-refractivity contribution >= 4 is 5.91 Å². The lowest BCUT2D eigenvalue weighted by molar-refractivity contribution is -0.122. The van der Waals surface area contributed by atoms with Crippen LogP contribution in [0.25, 0.3) is 0 Å². The normalized spacial score (nSPS) is 17.9. The van der Waals surface area contributed by atoms with Crippen LogP contribution in [0.3, 0.4) is 0 Å². The minimum atomic E-state index is -0.109. The van der Waals surface area contributed by atoms with Gasteiger partial charge in [-0.05, 0) is 44.2 Å². The number of likely N-dealkylation sites (N-methyl/N-ethyl adjacent to an activating group) is 1. The van der Waals surface area contributed by atoms with Crippen LogP contribution in [0.1, 0.15) is 31.7 Å². The Hall–Kier alpha value is -1.46. The Morgan fingerprint density at radius 3 is 2.70 bits per heavy atom. The van der Waals surface area contributed by atoms with Crippen molar-refractivity contribution in [1.29, 1.82) is 0 Å². The van der Waals surface area contributed by atoms with Gasteiger partial charge < -0.3 is 10.6 Å². The van der Waals surface area contributed by atoms with E-state index in [0.29, 0.717) is 18.6 Å². The Morgan fingerprint density at radius 2 is 2.04 bits per heavy atom. The average Bonchev–Trinajstić information content (AvgIpc) is 2.56. The van der Waals surface area contributed by atoms with Crippen molar-refractivity contribution < 1.29 is 9.18 Å². The lowest BCUT2D eigenvalue weighted by atomic mass is 10.0. The Labute approximate surface area is 138 Å². The van der Waals surface area contributed by atoms with Gasteiger partial charge in [-0.3, -0.25) is 9.69 Å². The molecule has 0 radical (unpaired) electrons. The summed E-state index contributed by atoms with van der Waals surface area (Å²) in [6, 6.07) is 7.86. The molecule has 2 N–H and O–H groups in total. The summed E-state index contributed by atoms with van der Waals surface area (Å²) in [5.41, 5.74) is 0.793. The van der Waals surface area contributed by atoms with E-state index in [0.717, 1.165) is 44.3 Å². The van der Waals surface area contributed by atoms with Crippen LogP contribution in [-0.2, 0) is 11.2 Å². The summed E-state index contributed by atoms with van der Waals surface area (Å²) in [7, 11) is 1.67. The number of hydrogen-bond donors (Lipinski definition) is 2. The largest absolute Gasteiger partial charge is 0.358 e. The Kier molecular flexibility index (Phi) is 6.99. The third-order valence-corrected chi connectivity index (χ3v) is 4.56. The maximum atomic E-state index is 13.6. The van der Waals surface area contributed by atoms with Gasteiger partial charge in [0.15, 0.2) is 0 Å². The summed E-state index contributed by atoms with van der Waals surface area (Å²) < 4.78 is 13.6. The third-order valence-electron chi connectivity index (χ3n) is 4.56. The van der Waals surface area contributed by atoms with Gasteiger partial charge in [-0.25, -0.2) is 4.39 Å². The molecule has 1 heterocycles. The first-order valence-corrected chi connectivity index (χ1v) is 8.51. The summed E-state index contributed by atoms with van der Waals surface area (Å²) >= 11 is 0. The van der Waals surface area contributed by atoms with Gasteiger partial charge in [0.1, 0.15) is 5.82 Å². The van der Waals surface area contributed by atoms with Gasteiger partial charge in [-0.2, -0.15) is 0 Å². The van der Waals surface area contributed by atoms with Crippen LogP contribution in [-0.4, -0.2) is 49.6 Å². The zero-order chi connectivity index (χ0) is 16.7. The molecule has 1 aliphatic rings.